The lowest BCUT2D eigenvalue weighted by molar-refractivity contribution is 0.224. The third-order valence-electron chi connectivity index (χ3n) is 4.95. The number of rotatable bonds is 2. The lowest BCUT2D eigenvalue weighted by Crippen LogP contribution is -2.23. The molecule has 1 unspecified atom stereocenters. The predicted molar refractivity (Wildman–Crippen MR) is 100 cm³/mol. The molecule has 26 heavy (non-hydrogen) atoms. The molecule has 0 saturated heterocycles. The van der Waals surface area contributed by atoms with Crippen LogP contribution in [-0.4, -0.2) is 7.11 Å². The van der Waals surface area contributed by atoms with Crippen LogP contribution in [0.25, 0.3) is 5.76 Å². The molecule has 0 amide bonds. The highest BCUT2D eigenvalue weighted by atomic mass is 16.5. The van der Waals surface area contributed by atoms with Gasteiger partial charge in [-0.15, -0.1) is 0 Å². The number of hydrogen-bond donors (Lipinski definition) is 0. The zero-order chi connectivity index (χ0) is 17.5. The smallest absolute Gasteiger partial charge is 0.149 e. The van der Waals surface area contributed by atoms with Gasteiger partial charge in [-0.2, -0.15) is 0 Å². The molecule has 0 spiro atoms. The van der Waals surface area contributed by atoms with E-state index in [4.69, 9.17) is 14.2 Å². The largest absolute Gasteiger partial charge is 0.497 e. The van der Waals surface area contributed by atoms with Crippen LogP contribution in [0.4, 0.5) is 0 Å². The number of para-hydroxylation sites is 1. The van der Waals surface area contributed by atoms with Crippen molar-refractivity contribution in [3.63, 3.8) is 0 Å². The molecule has 3 heteroatoms. The highest BCUT2D eigenvalue weighted by Gasteiger charge is 2.34. The lowest BCUT2D eigenvalue weighted by atomic mass is 9.88. The molecule has 1 atom stereocenters. The van der Waals surface area contributed by atoms with Crippen molar-refractivity contribution in [2.45, 2.75) is 12.5 Å². The van der Waals surface area contributed by atoms with E-state index in [1.54, 1.807) is 7.11 Å². The van der Waals surface area contributed by atoms with Crippen molar-refractivity contribution in [3.8, 4) is 17.2 Å². The van der Waals surface area contributed by atoms with Crippen molar-refractivity contribution in [1.82, 2.24) is 0 Å². The third-order valence-corrected chi connectivity index (χ3v) is 4.95. The average molecular weight is 342 g/mol. The Morgan fingerprint density at radius 1 is 0.885 bits per heavy atom. The van der Waals surface area contributed by atoms with Crippen LogP contribution < -0.4 is 14.2 Å². The van der Waals surface area contributed by atoms with Gasteiger partial charge < -0.3 is 14.2 Å². The fourth-order valence-electron chi connectivity index (χ4n) is 3.66. The van der Waals surface area contributed by atoms with Gasteiger partial charge in [0, 0.05) is 18.1 Å². The van der Waals surface area contributed by atoms with E-state index >= 15 is 0 Å². The van der Waals surface area contributed by atoms with Crippen LogP contribution in [0.1, 0.15) is 22.8 Å². The Labute approximate surface area is 152 Å². The van der Waals surface area contributed by atoms with E-state index < -0.39 is 0 Å². The molecule has 2 aliphatic rings. The molecule has 0 N–H and O–H groups in total. The number of methoxy groups -OCH3 is 1. The SMILES string of the molecule is COc1ccc2c(c1)OC(c1ccccc1)C1=C2Oc2ccccc2C1. The van der Waals surface area contributed by atoms with Gasteiger partial charge in [0.2, 0.25) is 0 Å². The van der Waals surface area contributed by atoms with Crippen LogP contribution in [0.2, 0.25) is 0 Å². The number of ether oxygens (including phenoxy) is 3. The van der Waals surface area contributed by atoms with E-state index in [1.807, 2.05) is 54.6 Å². The van der Waals surface area contributed by atoms with Gasteiger partial charge in [0.1, 0.15) is 29.1 Å². The average Bonchev–Trinajstić information content (AvgIpc) is 2.72. The molecule has 5 rings (SSSR count). The zero-order valence-electron chi connectivity index (χ0n) is 14.4. The van der Waals surface area contributed by atoms with Crippen LogP contribution >= 0.6 is 0 Å². The van der Waals surface area contributed by atoms with Crippen molar-refractivity contribution < 1.29 is 14.2 Å². The summed E-state index contributed by atoms with van der Waals surface area (Å²) in [5.41, 5.74) is 4.44. The second-order valence-corrected chi connectivity index (χ2v) is 6.51. The molecule has 0 aliphatic carbocycles. The summed E-state index contributed by atoms with van der Waals surface area (Å²) in [6.45, 7) is 0. The van der Waals surface area contributed by atoms with Gasteiger partial charge in [-0.1, -0.05) is 48.5 Å². The molecule has 3 nitrogen and oxygen atoms in total. The van der Waals surface area contributed by atoms with Crippen molar-refractivity contribution in [2.75, 3.05) is 7.11 Å². The number of fused-ring (bicyclic) bond motifs is 3. The maximum Gasteiger partial charge on any atom is 0.149 e. The van der Waals surface area contributed by atoms with E-state index in [0.29, 0.717) is 0 Å². The maximum atomic E-state index is 6.43. The molecule has 3 aromatic rings. The van der Waals surface area contributed by atoms with E-state index in [9.17, 15) is 0 Å². The minimum atomic E-state index is -0.167. The summed E-state index contributed by atoms with van der Waals surface area (Å²) in [6, 6.07) is 24.4. The number of benzene rings is 3. The summed E-state index contributed by atoms with van der Waals surface area (Å²) in [5.74, 6) is 3.38. The first-order valence-electron chi connectivity index (χ1n) is 8.72. The Hall–Kier alpha value is -3.20. The Bertz CT molecular complexity index is 1000. The minimum Gasteiger partial charge on any atom is -0.497 e. The Morgan fingerprint density at radius 3 is 2.54 bits per heavy atom. The zero-order valence-corrected chi connectivity index (χ0v) is 14.4. The van der Waals surface area contributed by atoms with E-state index in [-0.39, 0.29) is 6.10 Å². The lowest BCUT2D eigenvalue weighted by Gasteiger charge is -2.34. The first kappa shape index (κ1) is 15.1. The van der Waals surface area contributed by atoms with E-state index in [2.05, 4.69) is 18.2 Å². The van der Waals surface area contributed by atoms with Gasteiger partial charge in [0.25, 0.3) is 0 Å². The van der Waals surface area contributed by atoms with Crippen LogP contribution in [-0.2, 0) is 6.42 Å². The molecule has 3 aromatic carbocycles. The second kappa shape index (κ2) is 5.95. The first-order valence-corrected chi connectivity index (χ1v) is 8.72. The summed E-state index contributed by atoms with van der Waals surface area (Å²) < 4.78 is 18.2. The van der Waals surface area contributed by atoms with Crippen LogP contribution in [0.3, 0.4) is 0 Å². The monoisotopic (exact) mass is 342 g/mol. The molecule has 0 bridgehead atoms. The van der Waals surface area contributed by atoms with Crippen molar-refractivity contribution in [3.05, 3.63) is 95.1 Å². The Balaban J connectivity index is 1.69. The Morgan fingerprint density at radius 2 is 1.69 bits per heavy atom. The van der Waals surface area contributed by atoms with E-state index in [1.165, 1.54) is 5.56 Å². The highest BCUT2D eigenvalue weighted by Crippen LogP contribution is 2.48. The molecule has 128 valence electrons. The fraction of sp³-hybridized carbons (Fsp3) is 0.130. The summed E-state index contributed by atoms with van der Waals surface area (Å²) in [6.07, 6.45) is 0.649. The van der Waals surface area contributed by atoms with Crippen LogP contribution in [0.5, 0.6) is 17.2 Å². The standard InChI is InChI=1S/C23H18O3/c1-24-17-11-12-18-21(14-17)26-22(15-7-3-2-4-8-15)19-13-16-9-5-6-10-20(16)25-23(18)19/h2-12,14,22H,13H2,1H3. The predicted octanol–water partition coefficient (Wildman–Crippen LogP) is 5.18. The number of hydrogen-bond acceptors (Lipinski definition) is 3. The topological polar surface area (TPSA) is 27.7 Å². The molecular weight excluding hydrogens is 324 g/mol. The first-order chi connectivity index (χ1) is 12.8. The normalized spacial score (nSPS) is 17.3. The second-order valence-electron chi connectivity index (χ2n) is 6.51. The molecule has 0 saturated carbocycles. The van der Waals surface area contributed by atoms with Gasteiger partial charge in [-0.25, -0.2) is 0 Å². The molecule has 0 radical (unpaired) electrons. The highest BCUT2D eigenvalue weighted by molar-refractivity contribution is 5.76. The summed E-state index contributed by atoms with van der Waals surface area (Å²) >= 11 is 0. The van der Waals surface area contributed by atoms with Gasteiger partial charge in [-0.3, -0.25) is 0 Å². The van der Waals surface area contributed by atoms with Crippen molar-refractivity contribution in [2.24, 2.45) is 0 Å². The van der Waals surface area contributed by atoms with E-state index in [0.717, 1.165) is 46.1 Å². The Kier molecular flexibility index (Phi) is 3.45. The summed E-state index contributed by atoms with van der Waals surface area (Å²) in [5, 5.41) is 0. The van der Waals surface area contributed by atoms with Crippen molar-refractivity contribution in [1.29, 1.82) is 0 Å². The maximum absolute atomic E-state index is 6.43. The molecule has 2 heterocycles. The minimum absolute atomic E-state index is 0.167. The molecule has 2 aliphatic heterocycles. The van der Waals surface area contributed by atoms with Crippen LogP contribution in [0.15, 0.2) is 78.4 Å². The summed E-state index contributed by atoms with van der Waals surface area (Å²) in [7, 11) is 1.66. The molecule has 0 aromatic heterocycles. The third kappa shape index (κ3) is 2.36. The van der Waals surface area contributed by atoms with Crippen molar-refractivity contribution >= 4 is 5.76 Å². The van der Waals surface area contributed by atoms with Gasteiger partial charge in [0.15, 0.2) is 0 Å². The van der Waals surface area contributed by atoms with Crippen LogP contribution in [0, 0.1) is 0 Å². The van der Waals surface area contributed by atoms with Gasteiger partial charge >= 0.3 is 0 Å². The molecular formula is C23H18O3. The van der Waals surface area contributed by atoms with Gasteiger partial charge in [0.05, 0.1) is 12.7 Å². The quantitative estimate of drug-likeness (QED) is 0.643. The fourth-order valence-corrected chi connectivity index (χ4v) is 3.66. The van der Waals surface area contributed by atoms with Gasteiger partial charge in [-0.05, 0) is 29.3 Å². The molecule has 0 fully saturated rings. The summed E-state index contributed by atoms with van der Waals surface area (Å²) in [4.78, 5) is 0.